The summed E-state index contributed by atoms with van der Waals surface area (Å²) in [5, 5.41) is 12.0. The molecule has 1 aromatic heterocycles. The number of furan rings is 1. The average Bonchev–Trinajstić information content (AvgIpc) is 3.34. The quantitative estimate of drug-likeness (QED) is 0.490. The van der Waals surface area contributed by atoms with E-state index >= 15 is 0 Å². The van der Waals surface area contributed by atoms with Crippen LogP contribution in [0.1, 0.15) is 35.9 Å². The van der Waals surface area contributed by atoms with Crippen molar-refractivity contribution >= 4 is 18.0 Å². The highest BCUT2D eigenvalue weighted by Crippen LogP contribution is 2.24. The van der Waals surface area contributed by atoms with Crippen molar-refractivity contribution in [3.05, 3.63) is 53.3 Å². The van der Waals surface area contributed by atoms with Gasteiger partial charge in [-0.05, 0) is 44.0 Å². The van der Waals surface area contributed by atoms with Gasteiger partial charge in [-0.1, -0.05) is 12.1 Å². The molecule has 1 aliphatic rings. The molecule has 0 bridgehead atoms. The molecule has 6 nitrogen and oxygen atoms in total. The summed E-state index contributed by atoms with van der Waals surface area (Å²) in [6.45, 7) is 2.08. The average molecular weight is 350 g/mol. The summed E-state index contributed by atoms with van der Waals surface area (Å²) in [5.41, 5.74) is 1.25. The summed E-state index contributed by atoms with van der Waals surface area (Å²) in [6, 6.07) is 12.4. The van der Waals surface area contributed by atoms with E-state index in [9.17, 15) is 14.9 Å². The molecule has 0 atom stereocenters. The van der Waals surface area contributed by atoms with Crippen LogP contribution in [0.15, 0.2) is 46.4 Å². The number of nitrogens with one attached hydrogen (secondary N) is 1. The highest BCUT2D eigenvalue weighted by molar-refractivity contribution is 6.01. The lowest BCUT2D eigenvalue weighted by molar-refractivity contribution is -0.117. The maximum Gasteiger partial charge on any atom is 0.338 e. The molecule has 1 heterocycles. The maximum atomic E-state index is 12.0. The van der Waals surface area contributed by atoms with E-state index in [1.807, 2.05) is 6.07 Å². The van der Waals surface area contributed by atoms with E-state index < -0.39 is 0 Å². The third-order valence-electron chi connectivity index (χ3n) is 3.87. The van der Waals surface area contributed by atoms with Crippen LogP contribution in [-0.2, 0) is 9.53 Å². The fourth-order valence-corrected chi connectivity index (χ4v) is 2.35. The molecule has 26 heavy (non-hydrogen) atoms. The zero-order chi connectivity index (χ0) is 18.5. The van der Waals surface area contributed by atoms with Crippen LogP contribution in [0.25, 0.3) is 17.4 Å². The van der Waals surface area contributed by atoms with Gasteiger partial charge < -0.3 is 14.5 Å². The molecule has 1 N–H and O–H groups in total. The van der Waals surface area contributed by atoms with E-state index in [2.05, 4.69) is 5.32 Å². The van der Waals surface area contributed by atoms with E-state index in [1.54, 1.807) is 43.3 Å². The lowest BCUT2D eigenvalue weighted by atomic mass is 10.1. The fraction of sp³-hybridized carbons (Fsp3) is 0.250. The Kier molecular flexibility index (Phi) is 5.18. The van der Waals surface area contributed by atoms with Gasteiger partial charge in [0.15, 0.2) is 0 Å². The SMILES string of the molecule is CCOC(=O)c1ccc(-c2ccc(/C=C(\C#N)C(=O)NC3CC3)o2)cc1. The van der Waals surface area contributed by atoms with Gasteiger partial charge in [-0.25, -0.2) is 4.79 Å². The first-order chi connectivity index (χ1) is 12.6. The maximum absolute atomic E-state index is 12.0. The fourth-order valence-electron chi connectivity index (χ4n) is 2.35. The third-order valence-corrected chi connectivity index (χ3v) is 3.87. The number of carbonyl (C=O) groups excluding carboxylic acids is 2. The second-order valence-electron chi connectivity index (χ2n) is 5.92. The van der Waals surface area contributed by atoms with Crippen LogP contribution in [0, 0.1) is 11.3 Å². The van der Waals surface area contributed by atoms with Crippen molar-refractivity contribution in [3.63, 3.8) is 0 Å². The zero-order valence-corrected chi connectivity index (χ0v) is 14.3. The number of rotatable bonds is 6. The van der Waals surface area contributed by atoms with Crippen molar-refractivity contribution in [2.75, 3.05) is 6.61 Å². The van der Waals surface area contributed by atoms with Gasteiger partial charge in [0.2, 0.25) is 0 Å². The highest BCUT2D eigenvalue weighted by atomic mass is 16.5. The van der Waals surface area contributed by atoms with Crippen LogP contribution < -0.4 is 5.32 Å². The Morgan fingerprint density at radius 2 is 2.00 bits per heavy atom. The number of nitrogens with zero attached hydrogens (tertiary/aromatic N) is 1. The Balaban J connectivity index is 1.74. The lowest BCUT2D eigenvalue weighted by Gasteiger charge is -2.02. The minimum absolute atomic E-state index is 0.00968. The first-order valence-corrected chi connectivity index (χ1v) is 8.40. The Morgan fingerprint density at radius 3 is 2.62 bits per heavy atom. The molecule has 1 aliphatic carbocycles. The molecule has 1 fully saturated rings. The normalized spacial score (nSPS) is 13.8. The van der Waals surface area contributed by atoms with Crippen molar-refractivity contribution in [1.29, 1.82) is 5.26 Å². The van der Waals surface area contributed by atoms with E-state index in [-0.39, 0.29) is 23.5 Å². The number of carbonyl (C=O) groups is 2. The van der Waals surface area contributed by atoms with Crippen LogP contribution >= 0.6 is 0 Å². The van der Waals surface area contributed by atoms with Crippen LogP contribution in [-0.4, -0.2) is 24.5 Å². The van der Waals surface area contributed by atoms with Crippen molar-refractivity contribution < 1.29 is 18.7 Å². The molecule has 6 heteroatoms. The standard InChI is InChI=1S/C20H18N2O4/c1-2-25-20(24)14-5-3-13(4-6-14)18-10-9-17(26-18)11-15(12-21)19(23)22-16-7-8-16/h3-6,9-11,16H,2,7-8H2,1H3,(H,22,23)/b15-11+. The van der Waals surface area contributed by atoms with E-state index in [0.717, 1.165) is 18.4 Å². The Morgan fingerprint density at radius 1 is 1.27 bits per heavy atom. The van der Waals surface area contributed by atoms with Gasteiger partial charge in [0.05, 0.1) is 12.2 Å². The second-order valence-corrected chi connectivity index (χ2v) is 5.92. The Hall–Kier alpha value is -3.33. The van der Waals surface area contributed by atoms with Gasteiger partial charge in [0.1, 0.15) is 23.2 Å². The summed E-state index contributed by atoms with van der Waals surface area (Å²) in [4.78, 5) is 23.6. The minimum atomic E-state index is -0.383. The molecule has 1 aromatic carbocycles. The monoisotopic (exact) mass is 350 g/mol. The van der Waals surface area contributed by atoms with E-state index in [4.69, 9.17) is 9.15 Å². The minimum Gasteiger partial charge on any atom is -0.462 e. The Bertz CT molecular complexity index is 883. The number of nitriles is 1. The van der Waals surface area contributed by atoms with Crippen LogP contribution in [0.5, 0.6) is 0 Å². The lowest BCUT2D eigenvalue weighted by Crippen LogP contribution is -2.26. The van der Waals surface area contributed by atoms with Gasteiger partial charge in [0, 0.05) is 17.7 Å². The predicted molar refractivity (Wildman–Crippen MR) is 94.9 cm³/mol. The molecular formula is C20H18N2O4. The van der Waals surface area contributed by atoms with Gasteiger partial charge in [-0.3, -0.25) is 4.79 Å². The van der Waals surface area contributed by atoms with Gasteiger partial charge in [-0.15, -0.1) is 0 Å². The molecule has 0 radical (unpaired) electrons. The first kappa shape index (κ1) is 17.5. The summed E-state index contributed by atoms with van der Waals surface area (Å²) in [5.74, 6) is 0.234. The number of hydrogen-bond acceptors (Lipinski definition) is 5. The molecule has 0 spiro atoms. The topological polar surface area (TPSA) is 92.3 Å². The van der Waals surface area contributed by atoms with Crippen LogP contribution in [0.2, 0.25) is 0 Å². The molecule has 1 saturated carbocycles. The number of amides is 1. The zero-order valence-electron chi connectivity index (χ0n) is 14.3. The summed E-state index contributed by atoms with van der Waals surface area (Å²) < 4.78 is 10.6. The molecule has 0 unspecified atom stereocenters. The van der Waals surface area contributed by atoms with E-state index in [0.29, 0.717) is 23.7 Å². The number of hydrogen-bond donors (Lipinski definition) is 1. The first-order valence-electron chi connectivity index (χ1n) is 8.40. The summed E-state index contributed by atoms with van der Waals surface area (Å²) >= 11 is 0. The molecule has 0 saturated heterocycles. The van der Waals surface area contributed by atoms with Crippen LogP contribution in [0.3, 0.4) is 0 Å². The molecular weight excluding hydrogens is 332 g/mol. The smallest absolute Gasteiger partial charge is 0.338 e. The van der Waals surface area contributed by atoms with Gasteiger partial charge in [0.25, 0.3) is 5.91 Å². The van der Waals surface area contributed by atoms with Crippen molar-refractivity contribution in [1.82, 2.24) is 5.32 Å². The third kappa shape index (κ3) is 4.19. The van der Waals surface area contributed by atoms with Crippen molar-refractivity contribution in [3.8, 4) is 17.4 Å². The molecule has 0 aliphatic heterocycles. The largest absolute Gasteiger partial charge is 0.462 e. The summed E-state index contributed by atoms with van der Waals surface area (Å²) in [6.07, 6.45) is 3.34. The molecule has 132 valence electrons. The van der Waals surface area contributed by atoms with Crippen molar-refractivity contribution in [2.45, 2.75) is 25.8 Å². The predicted octanol–water partition coefficient (Wildman–Crippen LogP) is 3.31. The van der Waals surface area contributed by atoms with E-state index in [1.165, 1.54) is 6.08 Å². The van der Waals surface area contributed by atoms with Crippen LogP contribution in [0.4, 0.5) is 0 Å². The van der Waals surface area contributed by atoms with Gasteiger partial charge >= 0.3 is 5.97 Å². The second kappa shape index (κ2) is 7.70. The number of benzene rings is 1. The summed E-state index contributed by atoms with van der Waals surface area (Å²) in [7, 11) is 0. The number of ether oxygens (including phenoxy) is 1. The van der Waals surface area contributed by atoms with Crippen molar-refractivity contribution in [2.24, 2.45) is 0 Å². The highest BCUT2D eigenvalue weighted by Gasteiger charge is 2.24. The Labute approximate surface area is 151 Å². The molecule has 2 aromatic rings. The number of esters is 1. The van der Waals surface area contributed by atoms with Gasteiger partial charge in [-0.2, -0.15) is 5.26 Å². The molecule has 1 amide bonds. The molecule has 3 rings (SSSR count).